The predicted octanol–water partition coefficient (Wildman–Crippen LogP) is 3.62. The van der Waals surface area contributed by atoms with Crippen LogP contribution in [0.3, 0.4) is 0 Å². The average Bonchev–Trinajstić information content (AvgIpc) is 3.16. The third-order valence-corrected chi connectivity index (χ3v) is 5.03. The lowest BCUT2D eigenvalue weighted by atomic mass is 9.82. The van der Waals surface area contributed by atoms with Crippen molar-refractivity contribution in [2.75, 3.05) is 14.2 Å². The number of nitrogens with one attached hydrogen (secondary N) is 1. The molecule has 4 rings (SSSR count). The van der Waals surface area contributed by atoms with Crippen LogP contribution in [0.5, 0.6) is 17.4 Å². The third-order valence-electron chi connectivity index (χ3n) is 5.03. The van der Waals surface area contributed by atoms with Crippen LogP contribution in [0.15, 0.2) is 53.9 Å². The topological polar surface area (TPSA) is 106 Å². The number of allylic oxidation sites excluding steroid dienone is 1. The zero-order valence-electron chi connectivity index (χ0n) is 16.3. The van der Waals surface area contributed by atoms with Crippen molar-refractivity contribution in [1.82, 2.24) is 10.2 Å². The van der Waals surface area contributed by atoms with Gasteiger partial charge in [-0.3, -0.25) is 5.10 Å². The van der Waals surface area contributed by atoms with Gasteiger partial charge in [0.2, 0.25) is 11.8 Å². The molecule has 1 atom stereocenters. The quantitative estimate of drug-likeness (QED) is 0.707. The number of methoxy groups -OCH3 is 2. The highest BCUT2D eigenvalue weighted by Crippen LogP contribution is 2.48. The number of hydrogen-bond acceptors (Lipinski definition) is 6. The molecule has 1 aromatic heterocycles. The standard InChI is InChI=1S/C22H20N4O3/c1-12-4-6-13(7-5-12)20-19-18(15-10-14(27-2)8-9-17(15)28-3)16(11-23)21(24)29-22(19)26-25-20/h4-10,18H,24H2,1-3H3,(H,25,26). The van der Waals surface area contributed by atoms with Crippen LogP contribution >= 0.6 is 0 Å². The van der Waals surface area contributed by atoms with Crippen LogP contribution in [0.2, 0.25) is 0 Å². The largest absolute Gasteiger partial charge is 0.497 e. The molecule has 0 saturated carbocycles. The van der Waals surface area contributed by atoms with Gasteiger partial charge in [0.15, 0.2) is 0 Å². The monoisotopic (exact) mass is 388 g/mol. The Morgan fingerprint density at radius 1 is 1.14 bits per heavy atom. The molecule has 3 N–H and O–H groups in total. The Morgan fingerprint density at radius 3 is 2.55 bits per heavy atom. The Kier molecular flexibility index (Phi) is 4.61. The molecule has 0 radical (unpaired) electrons. The minimum Gasteiger partial charge on any atom is -0.497 e. The first-order chi connectivity index (χ1) is 14.1. The fourth-order valence-electron chi connectivity index (χ4n) is 3.56. The Labute approximate surface area is 168 Å². The number of ether oxygens (including phenoxy) is 3. The second-order valence-corrected chi connectivity index (χ2v) is 6.72. The summed E-state index contributed by atoms with van der Waals surface area (Å²) < 4.78 is 16.6. The fraction of sp³-hybridized carbons (Fsp3) is 0.182. The summed E-state index contributed by atoms with van der Waals surface area (Å²) in [4.78, 5) is 0. The molecule has 2 heterocycles. The van der Waals surface area contributed by atoms with Crippen molar-refractivity contribution in [3.05, 3.63) is 70.6 Å². The number of nitriles is 1. The van der Waals surface area contributed by atoms with Crippen molar-refractivity contribution in [1.29, 1.82) is 5.26 Å². The predicted molar refractivity (Wildman–Crippen MR) is 108 cm³/mol. The van der Waals surface area contributed by atoms with Crippen LogP contribution in [-0.4, -0.2) is 24.4 Å². The van der Waals surface area contributed by atoms with Crippen molar-refractivity contribution in [2.45, 2.75) is 12.8 Å². The Morgan fingerprint density at radius 2 is 1.90 bits per heavy atom. The molecule has 1 unspecified atom stereocenters. The molecule has 0 fully saturated rings. The number of aryl methyl sites for hydroxylation is 1. The molecule has 3 aromatic rings. The molecule has 1 aliphatic rings. The second kappa shape index (κ2) is 7.24. The normalized spacial score (nSPS) is 15.3. The fourth-order valence-corrected chi connectivity index (χ4v) is 3.56. The first-order valence-corrected chi connectivity index (χ1v) is 9.02. The summed E-state index contributed by atoms with van der Waals surface area (Å²) >= 11 is 0. The maximum Gasteiger partial charge on any atom is 0.244 e. The van der Waals surface area contributed by atoms with Crippen LogP contribution in [0.1, 0.15) is 22.6 Å². The van der Waals surface area contributed by atoms with Crippen molar-refractivity contribution in [3.8, 4) is 34.7 Å². The van der Waals surface area contributed by atoms with Crippen LogP contribution in [0, 0.1) is 18.3 Å². The molecule has 2 aromatic carbocycles. The number of aromatic amines is 1. The molecule has 0 saturated heterocycles. The average molecular weight is 388 g/mol. The van der Waals surface area contributed by atoms with Gasteiger partial charge in [-0.05, 0) is 25.1 Å². The van der Waals surface area contributed by atoms with Crippen LogP contribution in [-0.2, 0) is 0 Å². The number of nitrogens with zero attached hydrogens (tertiary/aromatic N) is 2. The number of nitrogens with two attached hydrogens (primary N) is 1. The van der Waals surface area contributed by atoms with E-state index < -0.39 is 5.92 Å². The molecular weight excluding hydrogens is 368 g/mol. The summed E-state index contributed by atoms with van der Waals surface area (Å²) in [5.74, 6) is 1.10. The molecule has 7 heteroatoms. The van der Waals surface area contributed by atoms with E-state index >= 15 is 0 Å². The van der Waals surface area contributed by atoms with E-state index in [1.807, 2.05) is 37.3 Å². The van der Waals surface area contributed by atoms with Gasteiger partial charge in [-0.25, -0.2) is 0 Å². The van der Waals surface area contributed by atoms with Gasteiger partial charge in [0.05, 0.1) is 31.4 Å². The number of rotatable bonds is 4. The van der Waals surface area contributed by atoms with E-state index in [1.165, 1.54) is 0 Å². The van der Waals surface area contributed by atoms with Crippen molar-refractivity contribution < 1.29 is 14.2 Å². The molecule has 146 valence electrons. The summed E-state index contributed by atoms with van der Waals surface area (Å²) in [6.45, 7) is 2.02. The SMILES string of the molecule is COc1ccc(OC)c(C2C(C#N)=C(N)Oc3n[nH]c(-c4ccc(C)cc4)c32)c1. The number of H-pyrrole nitrogens is 1. The number of hydrogen-bond donors (Lipinski definition) is 2. The maximum atomic E-state index is 9.87. The van der Waals surface area contributed by atoms with Crippen molar-refractivity contribution in [3.63, 3.8) is 0 Å². The lowest BCUT2D eigenvalue weighted by Gasteiger charge is -2.25. The van der Waals surface area contributed by atoms with Gasteiger partial charge in [0.1, 0.15) is 23.1 Å². The molecule has 1 aliphatic heterocycles. The van der Waals surface area contributed by atoms with Gasteiger partial charge in [-0.15, -0.1) is 5.10 Å². The summed E-state index contributed by atoms with van der Waals surface area (Å²) in [5.41, 5.74) is 10.7. The van der Waals surface area contributed by atoms with Crippen molar-refractivity contribution >= 4 is 0 Å². The molecular formula is C22H20N4O3. The Bertz CT molecular complexity index is 1140. The number of benzene rings is 2. The number of aromatic nitrogens is 2. The summed E-state index contributed by atoms with van der Waals surface area (Å²) in [5, 5.41) is 17.2. The van der Waals surface area contributed by atoms with Crippen molar-refractivity contribution in [2.24, 2.45) is 5.73 Å². The first-order valence-electron chi connectivity index (χ1n) is 9.02. The zero-order valence-corrected chi connectivity index (χ0v) is 16.3. The van der Waals surface area contributed by atoms with E-state index in [9.17, 15) is 5.26 Å². The van der Waals surface area contributed by atoms with Crippen LogP contribution in [0.25, 0.3) is 11.3 Å². The minimum atomic E-state index is -0.524. The van der Waals surface area contributed by atoms with E-state index in [-0.39, 0.29) is 5.88 Å². The zero-order chi connectivity index (χ0) is 20.5. The first kappa shape index (κ1) is 18.4. The van der Waals surface area contributed by atoms with Gasteiger partial charge < -0.3 is 19.9 Å². The van der Waals surface area contributed by atoms with Gasteiger partial charge in [-0.1, -0.05) is 29.8 Å². The molecule has 0 bridgehead atoms. The molecule has 0 spiro atoms. The summed E-state index contributed by atoms with van der Waals surface area (Å²) in [6.07, 6.45) is 0. The summed E-state index contributed by atoms with van der Waals surface area (Å²) in [6, 6.07) is 15.7. The Hall–Kier alpha value is -3.92. The van der Waals surface area contributed by atoms with E-state index in [4.69, 9.17) is 19.9 Å². The Balaban J connectivity index is 1.99. The van der Waals surface area contributed by atoms with E-state index in [2.05, 4.69) is 16.3 Å². The van der Waals surface area contributed by atoms with E-state index in [1.54, 1.807) is 26.4 Å². The highest BCUT2D eigenvalue weighted by Gasteiger charge is 2.37. The maximum absolute atomic E-state index is 9.87. The van der Waals surface area contributed by atoms with Crippen LogP contribution < -0.4 is 19.9 Å². The van der Waals surface area contributed by atoms with Gasteiger partial charge >= 0.3 is 0 Å². The second-order valence-electron chi connectivity index (χ2n) is 6.72. The minimum absolute atomic E-state index is 0.0248. The highest BCUT2D eigenvalue weighted by molar-refractivity contribution is 5.72. The highest BCUT2D eigenvalue weighted by atomic mass is 16.5. The summed E-state index contributed by atoms with van der Waals surface area (Å²) in [7, 11) is 3.17. The lowest BCUT2D eigenvalue weighted by Crippen LogP contribution is -2.21. The molecule has 0 aliphatic carbocycles. The molecule has 0 amide bonds. The third kappa shape index (κ3) is 3.05. The number of fused-ring (bicyclic) bond motifs is 1. The van der Waals surface area contributed by atoms with E-state index in [0.717, 1.165) is 27.9 Å². The van der Waals surface area contributed by atoms with E-state index in [0.29, 0.717) is 23.0 Å². The smallest absolute Gasteiger partial charge is 0.244 e. The van der Waals surface area contributed by atoms with Gasteiger partial charge in [0, 0.05) is 11.1 Å². The lowest BCUT2D eigenvalue weighted by molar-refractivity contribution is 0.373. The molecule has 29 heavy (non-hydrogen) atoms. The van der Waals surface area contributed by atoms with Gasteiger partial charge in [-0.2, -0.15) is 5.26 Å². The van der Waals surface area contributed by atoms with Crippen LogP contribution in [0.4, 0.5) is 0 Å². The van der Waals surface area contributed by atoms with Gasteiger partial charge in [0.25, 0.3) is 0 Å². The molecule has 7 nitrogen and oxygen atoms in total.